The van der Waals surface area contributed by atoms with Crippen molar-refractivity contribution in [1.29, 1.82) is 0 Å². The van der Waals surface area contributed by atoms with E-state index in [0.717, 1.165) is 17.9 Å². The van der Waals surface area contributed by atoms with E-state index in [1.165, 1.54) is 45.1 Å². The summed E-state index contributed by atoms with van der Waals surface area (Å²) < 4.78 is 0. The van der Waals surface area contributed by atoms with Crippen LogP contribution in [0.3, 0.4) is 0 Å². The van der Waals surface area contributed by atoms with E-state index in [9.17, 15) is 0 Å². The molecule has 0 radical (unpaired) electrons. The molecule has 0 aromatic carbocycles. The van der Waals surface area contributed by atoms with Gasteiger partial charge in [-0.2, -0.15) is 0 Å². The van der Waals surface area contributed by atoms with Crippen molar-refractivity contribution in [3.05, 3.63) is 0 Å². The zero-order valence-corrected chi connectivity index (χ0v) is 12.2. The second-order valence-corrected chi connectivity index (χ2v) is 5.20. The Hall–Kier alpha value is -0.0400. The molecule has 0 heterocycles. The van der Waals surface area contributed by atoms with Gasteiger partial charge >= 0.3 is 0 Å². The van der Waals surface area contributed by atoms with Crippen LogP contribution in [0.5, 0.6) is 0 Å². The van der Waals surface area contributed by atoms with Gasteiger partial charge < -0.3 is 5.32 Å². The van der Waals surface area contributed by atoms with Crippen LogP contribution >= 0.6 is 0 Å². The van der Waals surface area contributed by atoms with Crippen molar-refractivity contribution >= 4 is 0 Å². The van der Waals surface area contributed by atoms with Gasteiger partial charge in [0.25, 0.3) is 0 Å². The van der Waals surface area contributed by atoms with E-state index < -0.39 is 0 Å². The minimum absolute atomic E-state index is 0.741. The van der Waals surface area contributed by atoms with Crippen LogP contribution in [0.4, 0.5) is 0 Å². The van der Waals surface area contributed by atoms with Crippen LogP contribution in [0.2, 0.25) is 0 Å². The van der Waals surface area contributed by atoms with Gasteiger partial charge in [0.15, 0.2) is 0 Å². The van der Waals surface area contributed by atoms with Gasteiger partial charge in [-0.1, -0.05) is 53.9 Å². The molecule has 1 heteroatoms. The molecule has 16 heavy (non-hydrogen) atoms. The first kappa shape index (κ1) is 16.0. The predicted octanol–water partition coefficient (Wildman–Crippen LogP) is 4.62. The third-order valence-corrected chi connectivity index (χ3v) is 3.71. The molecule has 0 aromatic heterocycles. The zero-order valence-electron chi connectivity index (χ0n) is 12.2. The highest BCUT2D eigenvalue weighted by Gasteiger charge is 2.23. The maximum absolute atomic E-state index is 3.79. The Kier molecular flexibility index (Phi) is 10.1. The molecule has 0 saturated carbocycles. The monoisotopic (exact) mass is 227 g/mol. The highest BCUT2D eigenvalue weighted by atomic mass is 14.9. The number of hydrogen-bond acceptors (Lipinski definition) is 1. The Balaban J connectivity index is 4.38. The molecule has 0 aliphatic carbocycles. The molecule has 0 aliphatic rings. The van der Waals surface area contributed by atoms with Crippen molar-refractivity contribution < 1.29 is 0 Å². The maximum atomic E-state index is 3.79. The normalized spacial score (nSPS) is 15.4. The first-order chi connectivity index (χ1) is 7.71. The summed E-state index contributed by atoms with van der Waals surface area (Å²) in [7, 11) is 0. The summed E-state index contributed by atoms with van der Waals surface area (Å²) in [5, 5.41) is 3.79. The lowest BCUT2D eigenvalue weighted by Crippen LogP contribution is -2.41. The number of nitrogens with one attached hydrogen (secondary N) is 1. The van der Waals surface area contributed by atoms with Gasteiger partial charge in [-0.25, -0.2) is 0 Å². The van der Waals surface area contributed by atoms with Crippen LogP contribution in [0.25, 0.3) is 0 Å². The quantitative estimate of drug-likeness (QED) is 0.574. The molecule has 2 unspecified atom stereocenters. The average Bonchev–Trinajstić information content (AvgIpc) is 2.29. The number of rotatable bonds is 10. The third kappa shape index (κ3) is 5.89. The summed E-state index contributed by atoms with van der Waals surface area (Å²) in [6, 6.07) is 0.741. The Morgan fingerprint density at radius 2 is 1.44 bits per heavy atom. The minimum atomic E-state index is 0.741. The first-order valence-corrected chi connectivity index (χ1v) is 7.44. The fourth-order valence-electron chi connectivity index (χ4n) is 2.64. The van der Waals surface area contributed by atoms with Crippen LogP contribution < -0.4 is 5.32 Å². The SMILES string of the molecule is CCCNC(C(C)CC)C(CCC)CCC. The smallest absolute Gasteiger partial charge is 0.0121 e. The van der Waals surface area contributed by atoms with E-state index in [1.807, 2.05) is 0 Å². The van der Waals surface area contributed by atoms with Crippen LogP contribution in [0.15, 0.2) is 0 Å². The van der Waals surface area contributed by atoms with Gasteiger partial charge in [0, 0.05) is 6.04 Å². The van der Waals surface area contributed by atoms with E-state index in [2.05, 4.69) is 39.9 Å². The second kappa shape index (κ2) is 10.1. The topological polar surface area (TPSA) is 12.0 Å². The Morgan fingerprint density at radius 1 is 0.875 bits per heavy atom. The van der Waals surface area contributed by atoms with Gasteiger partial charge in [0.2, 0.25) is 0 Å². The molecular formula is C15H33N. The second-order valence-electron chi connectivity index (χ2n) is 5.20. The lowest BCUT2D eigenvalue weighted by atomic mass is 9.82. The molecule has 98 valence electrons. The predicted molar refractivity (Wildman–Crippen MR) is 74.8 cm³/mol. The molecular weight excluding hydrogens is 194 g/mol. The summed E-state index contributed by atoms with van der Waals surface area (Å²) in [6.07, 6.45) is 7.97. The van der Waals surface area contributed by atoms with E-state index in [-0.39, 0.29) is 0 Å². The van der Waals surface area contributed by atoms with E-state index in [0.29, 0.717) is 0 Å². The molecule has 1 nitrogen and oxygen atoms in total. The van der Waals surface area contributed by atoms with Crippen LogP contribution in [-0.2, 0) is 0 Å². The summed E-state index contributed by atoms with van der Waals surface area (Å²) in [5.74, 6) is 1.70. The molecule has 0 rings (SSSR count). The van der Waals surface area contributed by atoms with Crippen LogP contribution in [0, 0.1) is 11.8 Å². The summed E-state index contributed by atoms with van der Waals surface area (Å²) in [6.45, 7) is 12.8. The van der Waals surface area contributed by atoms with Gasteiger partial charge in [0.05, 0.1) is 0 Å². The van der Waals surface area contributed by atoms with Crippen LogP contribution in [0.1, 0.15) is 73.1 Å². The van der Waals surface area contributed by atoms with Crippen molar-refractivity contribution in [2.75, 3.05) is 6.54 Å². The maximum Gasteiger partial charge on any atom is 0.0121 e. The first-order valence-electron chi connectivity index (χ1n) is 7.44. The highest BCUT2D eigenvalue weighted by molar-refractivity contribution is 4.80. The molecule has 0 fully saturated rings. The van der Waals surface area contributed by atoms with Gasteiger partial charge in [-0.15, -0.1) is 0 Å². The van der Waals surface area contributed by atoms with Crippen molar-refractivity contribution in [1.82, 2.24) is 5.32 Å². The summed E-state index contributed by atoms with van der Waals surface area (Å²) in [4.78, 5) is 0. The molecule has 0 saturated heterocycles. The third-order valence-electron chi connectivity index (χ3n) is 3.71. The molecule has 0 aromatic rings. The largest absolute Gasteiger partial charge is 0.313 e. The van der Waals surface area contributed by atoms with Crippen molar-refractivity contribution in [3.63, 3.8) is 0 Å². The molecule has 0 spiro atoms. The van der Waals surface area contributed by atoms with E-state index >= 15 is 0 Å². The lowest BCUT2D eigenvalue weighted by Gasteiger charge is -2.32. The fraction of sp³-hybridized carbons (Fsp3) is 1.00. The molecule has 0 bridgehead atoms. The van der Waals surface area contributed by atoms with Gasteiger partial charge in [-0.3, -0.25) is 0 Å². The Morgan fingerprint density at radius 3 is 1.81 bits per heavy atom. The Bertz CT molecular complexity index is 138. The molecule has 1 N–H and O–H groups in total. The minimum Gasteiger partial charge on any atom is -0.313 e. The zero-order chi connectivity index (χ0) is 12.4. The summed E-state index contributed by atoms with van der Waals surface area (Å²) in [5.41, 5.74) is 0. The van der Waals surface area contributed by atoms with Crippen molar-refractivity contribution in [2.45, 2.75) is 79.2 Å². The lowest BCUT2D eigenvalue weighted by molar-refractivity contribution is 0.237. The molecule has 0 aliphatic heterocycles. The van der Waals surface area contributed by atoms with Crippen LogP contribution in [-0.4, -0.2) is 12.6 Å². The standard InChI is InChI=1S/C15H33N/c1-6-10-14(11-7-2)15(13(5)9-4)16-12-8-3/h13-16H,6-12H2,1-5H3. The van der Waals surface area contributed by atoms with Gasteiger partial charge in [-0.05, 0) is 37.6 Å². The van der Waals surface area contributed by atoms with E-state index in [4.69, 9.17) is 0 Å². The Labute approximate surface area is 103 Å². The fourth-order valence-corrected chi connectivity index (χ4v) is 2.64. The summed E-state index contributed by atoms with van der Waals surface area (Å²) >= 11 is 0. The van der Waals surface area contributed by atoms with Crippen molar-refractivity contribution in [3.8, 4) is 0 Å². The molecule has 2 atom stereocenters. The average molecular weight is 227 g/mol. The van der Waals surface area contributed by atoms with Crippen molar-refractivity contribution in [2.24, 2.45) is 11.8 Å². The highest BCUT2D eigenvalue weighted by Crippen LogP contribution is 2.24. The molecule has 0 amide bonds. The van der Waals surface area contributed by atoms with E-state index in [1.54, 1.807) is 0 Å². The van der Waals surface area contributed by atoms with Gasteiger partial charge in [0.1, 0.15) is 0 Å². The number of hydrogen-bond donors (Lipinski definition) is 1.